The minimum Gasteiger partial charge on any atom is -0.372 e. The van der Waals surface area contributed by atoms with Crippen LogP contribution in [0, 0.1) is 11.6 Å². The van der Waals surface area contributed by atoms with Gasteiger partial charge in [0.05, 0.1) is 29.0 Å². The number of aromatic nitrogens is 3. The van der Waals surface area contributed by atoms with Crippen LogP contribution in [0.15, 0.2) is 35.5 Å². The van der Waals surface area contributed by atoms with Crippen LogP contribution in [0.5, 0.6) is 0 Å². The molecule has 0 saturated carbocycles. The van der Waals surface area contributed by atoms with Crippen molar-refractivity contribution >= 4 is 23.2 Å². The molecule has 4 heterocycles. The molecule has 230 valence electrons. The van der Waals surface area contributed by atoms with Gasteiger partial charge in [-0.25, -0.2) is 27.5 Å². The summed E-state index contributed by atoms with van der Waals surface area (Å²) in [6.07, 6.45) is 0.210. The van der Waals surface area contributed by atoms with Gasteiger partial charge in [0.25, 0.3) is 12.3 Å². The van der Waals surface area contributed by atoms with Gasteiger partial charge >= 0.3 is 0 Å². The van der Waals surface area contributed by atoms with E-state index < -0.39 is 46.2 Å². The molecule has 0 spiro atoms. The number of anilines is 3. The highest BCUT2D eigenvalue weighted by molar-refractivity contribution is 6.07. The number of aromatic amines is 1. The fourth-order valence-corrected chi connectivity index (χ4v) is 5.51. The van der Waals surface area contributed by atoms with E-state index in [0.717, 1.165) is 12.3 Å². The molecule has 3 aromatic rings. The molecule has 14 heteroatoms. The smallest absolute Gasteiger partial charge is 0.264 e. The molecule has 0 aliphatic carbocycles. The van der Waals surface area contributed by atoms with Crippen LogP contribution >= 0.6 is 0 Å². The van der Waals surface area contributed by atoms with E-state index in [-0.39, 0.29) is 35.2 Å². The molecule has 0 radical (unpaired) electrons. The van der Waals surface area contributed by atoms with E-state index in [4.69, 9.17) is 4.74 Å². The Kier molecular flexibility index (Phi) is 8.69. The van der Waals surface area contributed by atoms with Gasteiger partial charge in [-0.15, -0.1) is 0 Å². The number of hydrogen-bond donors (Lipinski definition) is 2. The fraction of sp³-hybridized carbons (Fsp3) is 0.448. The zero-order valence-electron chi connectivity index (χ0n) is 24.2. The summed E-state index contributed by atoms with van der Waals surface area (Å²) in [5, 5.41) is 2.39. The first-order valence-corrected chi connectivity index (χ1v) is 13.9. The second kappa shape index (κ2) is 12.3. The molecule has 2 fully saturated rings. The van der Waals surface area contributed by atoms with E-state index in [0.29, 0.717) is 44.7 Å². The van der Waals surface area contributed by atoms with E-state index in [1.807, 2.05) is 32.7 Å². The molecule has 2 aliphatic rings. The van der Waals surface area contributed by atoms with Crippen LogP contribution in [-0.4, -0.2) is 83.8 Å². The number of pyridine rings is 1. The highest BCUT2D eigenvalue weighted by atomic mass is 19.3. The second-order valence-electron chi connectivity index (χ2n) is 11.1. The molecule has 3 atom stereocenters. The van der Waals surface area contributed by atoms with Gasteiger partial charge in [-0.3, -0.25) is 9.59 Å². The van der Waals surface area contributed by atoms with Crippen molar-refractivity contribution in [3.05, 3.63) is 63.8 Å². The number of rotatable bonds is 6. The Morgan fingerprint density at radius 2 is 1.72 bits per heavy atom. The van der Waals surface area contributed by atoms with E-state index in [9.17, 15) is 18.4 Å². The second-order valence-corrected chi connectivity index (χ2v) is 11.1. The lowest BCUT2D eigenvalue weighted by molar-refractivity contribution is -0.00572. The molecular formula is C29H33F4N7O3. The third-order valence-corrected chi connectivity index (χ3v) is 7.80. The van der Waals surface area contributed by atoms with Gasteiger partial charge < -0.3 is 29.7 Å². The SMILES string of the molecule is C[C@H]1CN(c2ncc(-c3c(F)cc(N4CCN(C)[C@@H](C)C4)c(NC(=O)c4c[nH]c(=O)cc4C(F)F)c3F)cn2)C[C@H](C)O1. The lowest BCUT2D eigenvalue weighted by atomic mass is 10.0. The number of ether oxygens (including phenoxy) is 1. The Balaban J connectivity index is 1.55. The number of alkyl halides is 2. The van der Waals surface area contributed by atoms with Gasteiger partial charge in [-0.1, -0.05) is 0 Å². The van der Waals surface area contributed by atoms with Crippen LogP contribution in [0.25, 0.3) is 11.1 Å². The standard InChI is InChI=1S/C29H33F4N7O3/c1-15-12-39(6-5-38(15)4)22-8-21(30)24(18-9-35-29(36-10-18)40-13-16(2)43-17(3)14-40)25(31)26(22)37-28(42)20-11-34-23(41)7-19(20)27(32)33/h7-11,15-17,27H,5-6,12-14H2,1-4H3,(H,34,41)(H,37,42)/t15-,16-,17-/m0/s1. The summed E-state index contributed by atoms with van der Waals surface area (Å²) in [6.45, 7) is 8.29. The van der Waals surface area contributed by atoms with Crippen LogP contribution in [0.4, 0.5) is 34.9 Å². The van der Waals surface area contributed by atoms with Crippen LogP contribution in [0.1, 0.15) is 43.1 Å². The number of morpholine rings is 1. The summed E-state index contributed by atoms with van der Waals surface area (Å²) in [7, 11) is 1.93. The van der Waals surface area contributed by atoms with Gasteiger partial charge in [0.1, 0.15) is 11.5 Å². The number of carbonyl (C=O) groups is 1. The van der Waals surface area contributed by atoms with Crippen LogP contribution < -0.4 is 20.7 Å². The number of nitrogens with zero attached hydrogens (tertiary/aromatic N) is 5. The highest BCUT2D eigenvalue weighted by Crippen LogP contribution is 2.39. The van der Waals surface area contributed by atoms with Crippen molar-refractivity contribution in [2.45, 2.75) is 45.4 Å². The van der Waals surface area contributed by atoms with Gasteiger partial charge in [-0.2, -0.15) is 0 Å². The minimum atomic E-state index is -3.14. The number of carbonyl (C=O) groups excluding carboxylic acids is 1. The molecule has 0 bridgehead atoms. The van der Waals surface area contributed by atoms with Gasteiger partial charge in [-0.05, 0) is 27.8 Å². The normalized spacial score (nSPS) is 21.4. The molecule has 43 heavy (non-hydrogen) atoms. The maximum atomic E-state index is 16.4. The van der Waals surface area contributed by atoms with Crippen molar-refractivity contribution < 1.29 is 27.1 Å². The third kappa shape index (κ3) is 6.34. The van der Waals surface area contributed by atoms with E-state index >= 15 is 8.78 Å². The molecule has 2 aromatic heterocycles. The molecule has 1 amide bonds. The molecule has 5 rings (SSSR count). The van der Waals surface area contributed by atoms with Crippen molar-refractivity contribution in [2.24, 2.45) is 0 Å². The van der Waals surface area contributed by atoms with Crippen LogP contribution in [-0.2, 0) is 4.74 Å². The van der Waals surface area contributed by atoms with Crippen molar-refractivity contribution in [3.8, 4) is 11.1 Å². The number of nitrogens with one attached hydrogen (secondary N) is 2. The number of piperazine rings is 1. The Morgan fingerprint density at radius 3 is 2.35 bits per heavy atom. The first kappa shape index (κ1) is 30.4. The number of hydrogen-bond acceptors (Lipinski definition) is 8. The number of amides is 1. The number of H-pyrrole nitrogens is 1. The molecule has 2 saturated heterocycles. The molecular weight excluding hydrogens is 570 g/mol. The topological polar surface area (TPSA) is 107 Å². The molecule has 1 aromatic carbocycles. The summed E-state index contributed by atoms with van der Waals surface area (Å²) in [5.41, 5.74) is -2.95. The van der Waals surface area contributed by atoms with Crippen molar-refractivity contribution in [1.29, 1.82) is 0 Å². The average Bonchev–Trinajstić information content (AvgIpc) is 2.95. The fourth-order valence-electron chi connectivity index (χ4n) is 5.51. The summed E-state index contributed by atoms with van der Waals surface area (Å²) >= 11 is 0. The zero-order valence-corrected chi connectivity index (χ0v) is 24.2. The highest BCUT2D eigenvalue weighted by Gasteiger charge is 2.30. The molecule has 2 N–H and O–H groups in total. The minimum absolute atomic E-state index is 0.0270. The lowest BCUT2D eigenvalue weighted by Gasteiger charge is -2.39. The monoisotopic (exact) mass is 603 g/mol. The van der Waals surface area contributed by atoms with E-state index in [1.165, 1.54) is 12.4 Å². The predicted molar refractivity (Wildman–Crippen MR) is 154 cm³/mol. The molecule has 2 aliphatic heterocycles. The Hall–Kier alpha value is -4.04. The summed E-state index contributed by atoms with van der Waals surface area (Å²) in [5.74, 6) is -2.73. The largest absolute Gasteiger partial charge is 0.372 e. The first-order chi connectivity index (χ1) is 20.4. The maximum absolute atomic E-state index is 16.4. The van der Waals surface area contributed by atoms with Crippen molar-refractivity contribution in [1.82, 2.24) is 19.9 Å². The lowest BCUT2D eigenvalue weighted by Crippen LogP contribution is -2.50. The number of likely N-dealkylation sites (N-methyl/N-ethyl adjacent to an activating group) is 1. The summed E-state index contributed by atoms with van der Waals surface area (Å²) in [4.78, 5) is 41.5. The Morgan fingerprint density at radius 1 is 1.05 bits per heavy atom. The summed E-state index contributed by atoms with van der Waals surface area (Å²) in [6, 6.07) is 1.76. The molecule has 10 nitrogen and oxygen atoms in total. The van der Waals surface area contributed by atoms with Crippen LogP contribution in [0.3, 0.4) is 0 Å². The van der Waals surface area contributed by atoms with Crippen LogP contribution in [0.2, 0.25) is 0 Å². The third-order valence-electron chi connectivity index (χ3n) is 7.80. The van der Waals surface area contributed by atoms with E-state index in [2.05, 4.69) is 25.2 Å². The Bertz CT molecular complexity index is 1540. The average molecular weight is 604 g/mol. The molecule has 0 unspecified atom stereocenters. The van der Waals surface area contributed by atoms with E-state index in [1.54, 1.807) is 4.90 Å². The van der Waals surface area contributed by atoms with Gasteiger partial charge in [0.15, 0.2) is 5.82 Å². The zero-order chi connectivity index (χ0) is 31.0. The van der Waals surface area contributed by atoms with Gasteiger partial charge in [0, 0.05) is 80.6 Å². The Labute approximate surface area is 245 Å². The number of benzene rings is 1. The predicted octanol–water partition coefficient (Wildman–Crippen LogP) is 4.05. The van der Waals surface area contributed by atoms with Crippen molar-refractivity contribution in [2.75, 3.05) is 54.9 Å². The van der Waals surface area contributed by atoms with Gasteiger partial charge in [0.2, 0.25) is 11.5 Å². The summed E-state index contributed by atoms with van der Waals surface area (Å²) < 4.78 is 65.2. The van der Waals surface area contributed by atoms with Crippen molar-refractivity contribution in [3.63, 3.8) is 0 Å². The maximum Gasteiger partial charge on any atom is 0.264 e. The number of halogens is 4. The quantitative estimate of drug-likeness (QED) is 0.407. The first-order valence-electron chi connectivity index (χ1n) is 13.9.